The fraction of sp³-hybridized carbons (Fsp3) is 0. The van der Waals surface area contributed by atoms with E-state index in [1.165, 1.54) is 48.5 Å². The van der Waals surface area contributed by atoms with Gasteiger partial charge in [0.25, 0.3) is 0 Å². The normalized spacial score (nSPS) is 12.1. The number of aromatic nitrogens is 4. The summed E-state index contributed by atoms with van der Waals surface area (Å²) >= 11 is 0. The van der Waals surface area contributed by atoms with E-state index in [1.54, 1.807) is 0 Å². The van der Waals surface area contributed by atoms with E-state index in [-0.39, 0.29) is 0 Å². The van der Waals surface area contributed by atoms with E-state index in [9.17, 15) is 0 Å². The number of hydrogen-bond donors (Lipinski definition) is 0. The predicted octanol–water partition coefficient (Wildman–Crippen LogP) is 15.6. The highest BCUT2D eigenvalue weighted by Crippen LogP contribution is 2.43. The second-order valence-electron chi connectivity index (χ2n) is 16.8. The molecule has 0 aliphatic carbocycles. The lowest BCUT2D eigenvalue weighted by Crippen LogP contribution is -2.00. The van der Waals surface area contributed by atoms with Gasteiger partial charge < -0.3 is 8.98 Å². The van der Waals surface area contributed by atoms with Crippen LogP contribution in [0, 0.1) is 0 Å². The zero-order chi connectivity index (χ0) is 41.9. The van der Waals surface area contributed by atoms with E-state index in [0.717, 1.165) is 71.5 Å². The van der Waals surface area contributed by atoms with E-state index in [1.807, 2.05) is 18.2 Å². The summed E-state index contributed by atoms with van der Waals surface area (Å²) in [5, 5.41) is 16.4. The highest BCUT2D eigenvalue weighted by molar-refractivity contribution is 6.25. The minimum absolute atomic E-state index is 0.611. The first-order valence-corrected chi connectivity index (χ1v) is 21.7. The van der Waals surface area contributed by atoms with Gasteiger partial charge in [-0.25, -0.2) is 15.0 Å². The van der Waals surface area contributed by atoms with Gasteiger partial charge in [0, 0.05) is 38.2 Å². The van der Waals surface area contributed by atoms with E-state index >= 15 is 0 Å². The fourth-order valence-electron chi connectivity index (χ4n) is 10.2. The molecule has 0 bridgehead atoms. The zero-order valence-electron chi connectivity index (χ0n) is 34.3. The van der Waals surface area contributed by atoms with E-state index in [0.29, 0.717) is 17.5 Å². The maximum Gasteiger partial charge on any atom is 0.164 e. The number of nitrogens with zero attached hydrogens (tertiary/aromatic N) is 4. The van der Waals surface area contributed by atoms with Gasteiger partial charge in [-0.15, -0.1) is 0 Å². The molecule has 14 aromatic rings. The van der Waals surface area contributed by atoms with Crippen molar-refractivity contribution in [1.82, 2.24) is 19.5 Å². The van der Waals surface area contributed by atoms with Crippen LogP contribution in [0.5, 0.6) is 0 Å². The molecule has 11 aromatic carbocycles. The molecular formula is C59H34N4O. The zero-order valence-corrected chi connectivity index (χ0v) is 34.3. The molecule has 296 valence electrons. The molecule has 0 spiro atoms. The van der Waals surface area contributed by atoms with Crippen molar-refractivity contribution in [3.63, 3.8) is 0 Å². The minimum Gasteiger partial charge on any atom is -0.454 e. The molecule has 0 unspecified atom stereocenters. The van der Waals surface area contributed by atoms with Crippen LogP contribution in [0.3, 0.4) is 0 Å². The van der Waals surface area contributed by atoms with Crippen molar-refractivity contribution < 1.29 is 4.42 Å². The molecule has 64 heavy (non-hydrogen) atoms. The monoisotopic (exact) mass is 814 g/mol. The maximum atomic E-state index is 6.99. The summed E-state index contributed by atoms with van der Waals surface area (Å²) in [4.78, 5) is 15.4. The molecule has 0 amide bonds. The van der Waals surface area contributed by atoms with Crippen LogP contribution < -0.4 is 0 Å². The number of para-hydroxylation sites is 1. The summed E-state index contributed by atoms with van der Waals surface area (Å²) in [5.74, 6) is 1.87. The molecule has 0 radical (unpaired) electrons. The van der Waals surface area contributed by atoms with Crippen LogP contribution in [0.2, 0.25) is 0 Å². The SMILES string of the molecule is c1ccc(-c2nc(-c3ccc4c(ccc5ccccc54)c3)nc(-c3ccc4ccc5oc6c(-n7c8cc9ccccc9cc8c8c9ccccc9ccc87)cccc6c5c4c3)n2)cc1. The molecule has 0 saturated carbocycles. The van der Waals surface area contributed by atoms with Crippen LogP contribution >= 0.6 is 0 Å². The Kier molecular flexibility index (Phi) is 7.33. The Bertz CT molecular complexity index is 4260. The molecule has 0 fully saturated rings. The van der Waals surface area contributed by atoms with Gasteiger partial charge in [0.1, 0.15) is 5.58 Å². The molecule has 0 aliphatic heterocycles. The Morgan fingerprint density at radius 1 is 0.312 bits per heavy atom. The molecule has 5 heteroatoms. The summed E-state index contributed by atoms with van der Waals surface area (Å²) < 4.78 is 9.38. The number of furan rings is 1. The Morgan fingerprint density at radius 3 is 1.72 bits per heavy atom. The molecule has 3 aromatic heterocycles. The van der Waals surface area contributed by atoms with Gasteiger partial charge in [0.05, 0.1) is 16.7 Å². The lowest BCUT2D eigenvalue weighted by atomic mass is 9.99. The van der Waals surface area contributed by atoms with Crippen molar-refractivity contribution in [2.45, 2.75) is 0 Å². The fourth-order valence-corrected chi connectivity index (χ4v) is 10.2. The van der Waals surface area contributed by atoms with Crippen molar-refractivity contribution in [2.24, 2.45) is 0 Å². The van der Waals surface area contributed by atoms with Crippen LogP contribution in [0.1, 0.15) is 0 Å². The molecule has 14 rings (SSSR count). The van der Waals surface area contributed by atoms with Crippen LogP contribution in [0.25, 0.3) is 137 Å². The summed E-state index contributed by atoms with van der Waals surface area (Å²) in [5.41, 5.74) is 7.73. The number of hydrogen-bond acceptors (Lipinski definition) is 4. The van der Waals surface area contributed by atoms with Crippen molar-refractivity contribution >= 4 is 97.6 Å². The highest BCUT2D eigenvalue weighted by Gasteiger charge is 2.21. The summed E-state index contributed by atoms with van der Waals surface area (Å²) in [6.07, 6.45) is 0. The van der Waals surface area contributed by atoms with Gasteiger partial charge in [-0.1, -0.05) is 164 Å². The average Bonchev–Trinajstić information content (AvgIpc) is 3.91. The topological polar surface area (TPSA) is 56.7 Å². The second-order valence-corrected chi connectivity index (χ2v) is 16.8. The number of benzene rings is 11. The maximum absolute atomic E-state index is 6.99. The highest BCUT2D eigenvalue weighted by atomic mass is 16.3. The third kappa shape index (κ3) is 5.22. The van der Waals surface area contributed by atoms with Gasteiger partial charge >= 0.3 is 0 Å². The van der Waals surface area contributed by atoms with Crippen LogP contribution in [0.4, 0.5) is 0 Å². The molecular weight excluding hydrogens is 781 g/mol. The van der Waals surface area contributed by atoms with E-state index < -0.39 is 0 Å². The van der Waals surface area contributed by atoms with Crippen LogP contribution in [-0.2, 0) is 0 Å². The third-order valence-electron chi connectivity index (χ3n) is 13.2. The standard InChI is InChI=1S/C59H34N4O/c1-2-13-38(14-3-1)57-60-58(42-25-28-45-41(31-42)23-21-35-11-6-8-17-44(35)45)62-59(61-57)43-24-22-37-27-30-53-55(48(37)33-43)47-19-10-20-51(56(47)64-53)63-50-29-26-36-12-7-9-18-46(36)54(50)49-32-39-15-4-5-16-40(39)34-52(49)63/h1-34H. The van der Waals surface area contributed by atoms with Crippen LogP contribution in [0.15, 0.2) is 211 Å². The van der Waals surface area contributed by atoms with Gasteiger partial charge in [-0.3, -0.25) is 0 Å². The summed E-state index contributed by atoms with van der Waals surface area (Å²) in [7, 11) is 0. The second kappa shape index (κ2) is 13.4. The molecule has 0 atom stereocenters. The Balaban J connectivity index is 0.980. The third-order valence-corrected chi connectivity index (χ3v) is 13.2. The summed E-state index contributed by atoms with van der Waals surface area (Å²) in [6.45, 7) is 0. The minimum atomic E-state index is 0.611. The first-order chi connectivity index (χ1) is 31.7. The quantitative estimate of drug-likeness (QED) is 0.166. The van der Waals surface area contributed by atoms with E-state index in [2.05, 4.69) is 193 Å². The van der Waals surface area contributed by atoms with Crippen molar-refractivity contribution in [3.8, 4) is 39.9 Å². The molecule has 3 heterocycles. The van der Waals surface area contributed by atoms with Gasteiger partial charge in [0.15, 0.2) is 23.1 Å². The van der Waals surface area contributed by atoms with Crippen molar-refractivity contribution in [3.05, 3.63) is 206 Å². The first kappa shape index (κ1) is 35.0. The summed E-state index contributed by atoms with van der Waals surface area (Å²) in [6, 6.07) is 73.3. The average molecular weight is 815 g/mol. The van der Waals surface area contributed by atoms with Gasteiger partial charge in [0.2, 0.25) is 0 Å². The van der Waals surface area contributed by atoms with Gasteiger partial charge in [-0.05, 0) is 96.3 Å². The van der Waals surface area contributed by atoms with Crippen molar-refractivity contribution in [2.75, 3.05) is 0 Å². The molecule has 0 saturated heterocycles. The molecule has 0 aliphatic rings. The van der Waals surface area contributed by atoms with Crippen molar-refractivity contribution in [1.29, 1.82) is 0 Å². The predicted molar refractivity (Wildman–Crippen MR) is 265 cm³/mol. The Hall–Kier alpha value is -8.67. The number of rotatable bonds is 4. The molecule has 0 N–H and O–H groups in total. The lowest BCUT2D eigenvalue weighted by Gasteiger charge is -2.11. The number of fused-ring (bicyclic) bond motifs is 14. The van der Waals surface area contributed by atoms with E-state index in [4.69, 9.17) is 19.4 Å². The first-order valence-electron chi connectivity index (χ1n) is 21.7. The Labute approximate surface area is 366 Å². The Morgan fingerprint density at radius 2 is 0.891 bits per heavy atom. The smallest absolute Gasteiger partial charge is 0.164 e. The van der Waals surface area contributed by atoms with Crippen LogP contribution in [-0.4, -0.2) is 19.5 Å². The van der Waals surface area contributed by atoms with Gasteiger partial charge in [-0.2, -0.15) is 0 Å². The molecule has 5 nitrogen and oxygen atoms in total. The largest absolute Gasteiger partial charge is 0.454 e. The lowest BCUT2D eigenvalue weighted by molar-refractivity contribution is 0.666.